The monoisotopic (exact) mass is 358 g/mol. The van der Waals surface area contributed by atoms with E-state index in [9.17, 15) is 9.59 Å². The predicted molar refractivity (Wildman–Crippen MR) is 95.8 cm³/mol. The van der Waals surface area contributed by atoms with Crippen LogP contribution in [0, 0.1) is 11.8 Å². The van der Waals surface area contributed by atoms with Gasteiger partial charge in [-0.25, -0.2) is 0 Å². The lowest BCUT2D eigenvalue weighted by atomic mass is 9.92. The highest BCUT2D eigenvalue weighted by Crippen LogP contribution is 2.29. The average Bonchev–Trinajstić information content (AvgIpc) is 2.73. The van der Waals surface area contributed by atoms with E-state index in [1.54, 1.807) is 0 Å². The van der Waals surface area contributed by atoms with Gasteiger partial charge in [-0.1, -0.05) is 18.2 Å². The maximum atomic E-state index is 12.9. The fourth-order valence-corrected chi connectivity index (χ4v) is 4.13. The zero-order chi connectivity index (χ0) is 17.9. The number of carbonyl (C=O) groups is 2. The van der Waals surface area contributed by atoms with E-state index < -0.39 is 0 Å². The Kier molecular flexibility index (Phi) is 5.11. The first-order valence-electron chi connectivity index (χ1n) is 9.58. The van der Waals surface area contributed by atoms with Gasteiger partial charge in [-0.15, -0.1) is 0 Å². The van der Waals surface area contributed by atoms with Gasteiger partial charge in [0.05, 0.1) is 19.1 Å². The van der Waals surface area contributed by atoms with Crippen molar-refractivity contribution >= 4 is 11.8 Å². The van der Waals surface area contributed by atoms with Crippen LogP contribution in [0.5, 0.6) is 5.75 Å². The summed E-state index contributed by atoms with van der Waals surface area (Å²) >= 11 is 0. The summed E-state index contributed by atoms with van der Waals surface area (Å²) in [6, 6.07) is 7.93. The van der Waals surface area contributed by atoms with Crippen molar-refractivity contribution in [3.63, 3.8) is 0 Å². The van der Waals surface area contributed by atoms with E-state index in [1.807, 2.05) is 34.1 Å². The van der Waals surface area contributed by atoms with E-state index in [2.05, 4.69) is 0 Å². The Morgan fingerprint density at radius 1 is 0.885 bits per heavy atom. The normalized spacial score (nSPS) is 23.9. The molecule has 0 bridgehead atoms. The molecule has 1 unspecified atom stereocenters. The summed E-state index contributed by atoms with van der Waals surface area (Å²) in [6.07, 6.45) is 2.25. The van der Waals surface area contributed by atoms with Crippen LogP contribution >= 0.6 is 0 Å². The number of para-hydroxylation sites is 1. The maximum Gasteiger partial charge on any atom is 0.229 e. The van der Waals surface area contributed by atoms with Gasteiger partial charge in [0.15, 0.2) is 0 Å². The number of hydrogen-bond donors (Lipinski definition) is 0. The molecule has 26 heavy (non-hydrogen) atoms. The lowest BCUT2D eigenvalue weighted by molar-refractivity contribution is -0.145. The SMILES string of the molecule is O=C(C1CCN(C(=O)C2COc3ccccc3C2)CC1)N1CCOCC1. The Bertz CT molecular complexity index is 664. The standard InChI is InChI=1S/C20H26N2O4/c23-19(22-9-11-25-12-10-22)15-5-7-21(8-6-15)20(24)17-13-16-3-1-2-4-18(16)26-14-17/h1-4,15,17H,5-14H2. The van der Waals surface area contributed by atoms with Crippen LogP contribution in [0.1, 0.15) is 18.4 Å². The van der Waals surface area contributed by atoms with Crippen molar-refractivity contribution in [1.29, 1.82) is 0 Å². The molecule has 0 N–H and O–H groups in total. The van der Waals surface area contributed by atoms with Crippen molar-refractivity contribution in [1.82, 2.24) is 9.80 Å². The molecule has 2 saturated heterocycles. The molecule has 3 aliphatic heterocycles. The summed E-state index contributed by atoms with van der Waals surface area (Å²) in [6.45, 7) is 4.42. The van der Waals surface area contributed by atoms with Crippen molar-refractivity contribution < 1.29 is 19.1 Å². The molecule has 1 aromatic carbocycles. The molecular formula is C20H26N2O4. The molecule has 2 amide bonds. The fourth-order valence-electron chi connectivity index (χ4n) is 4.13. The lowest BCUT2D eigenvalue weighted by Gasteiger charge is -2.37. The van der Waals surface area contributed by atoms with Crippen LogP contribution in [-0.4, -0.2) is 67.6 Å². The van der Waals surface area contributed by atoms with Crippen molar-refractivity contribution in [3.05, 3.63) is 29.8 Å². The molecule has 3 aliphatic rings. The Balaban J connectivity index is 1.30. The molecule has 1 aromatic rings. The van der Waals surface area contributed by atoms with Crippen molar-refractivity contribution in [2.24, 2.45) is 11.8 Å². The average molecular weight is 358 g/mol. The van der Waals surface area contributed by atoms with Gasteiger partial charge in [0.1, 0.15) is 12.4 Å². The Morgan fingerprint density at radius 3 is 2.31 bits per heavy atom. The summed E-state index contributed by atoms with van der Waals surface area (Å²) in [5.74, 6) is 1.22. The van der Waals surface area contributed by atoms with E-state index in [0.717, 1.165) is 30.6 Å². The molecule has 0 aromatic heterocycles. The molecule has 140 valence electrons. The molecule has 6 heteroatoms. The van der Waals surface area contributed by atoms with Gasteiger partial charge in [0, 0.05) is 32.1 Å². The summed E-state index contributed by atoms with van der Waals surface area (Å²) < 4.78 is 11.1. The highest BCUT2D eigenvalue weighted by atomic mass is 16.5. The predicted octanol–water partition coefficient (Wildman–Crippen LogP) is 1.34. The molecule has 0 aliphatic carbocycles. The first-order valence-corrected chi connectivity index (χ1v) is 9.58. The second-order valence-electron chi connectivity index (χ2n) is 7.36. The largest absolute Gasteiger partial charge is 0.492 e. The van der Waals surface area contributed by atoms with Crippen molar-refractivity contribution in [2.75, 3.05) is 46.0 Å². The van der Waals surface area contributed by atoms with Gasteiger partial charge >= 0.3 is 0 Å². The van der Waals surface area contributed by atoms with Crippen LogP contribution in [0.4, 0.5) is 0 Å². The summed E-state index contributed by atoms with van der Waals surface area (Å²) in [7, 11) is 0. The minimum absolute atomic E-state index is 0.0421. The quantitative estimate of drug-likeness (QED) is 0.800. The number of rotatable bonds is 2. The summed E-state index contributed by atoms with van der Waals surface area (Å²) in [5, 5.41) is 0. The second-order valence-corrected chi connectivity index (χ2v) is 7.36. The number of amides is 2. The smallest absolute Gasteiger partial charge is 0.229 e. The third-order valence-electron chi connectivity index (χ3n) is 5.71. The number of fused-ring (bicyclic) bond motifs is 1. The van der Waals surface area contributed by atoms with Gasteiger partial charge in [-0.3, -0.25) is 9.59 Å². The minimum atomic E-state index is -0.114. The second kappa shape index (κ2) is 7.66. The van der Waals surface area contributed by atoms with E-state index in [1.165, 1.54) is 0 Å². The molecule has 3 heterocycles. The van der Waals surface area contributed by atoms with Crippen LogP contribution in [0.25, 0.3) is 0 Å². The van der Waals surface area contributed by atoms with Crippen LogP contribution in [0.2, 0.25) is 0 Å². The Morgan fingerprint density at radius 2 is 1.54 bits per heavy atom. The number of piperidine rings is 1. The van der Waals surface area contributed by atoms with Gasteiger partial charge < -0.3 is 19.3 Å². The third kappa shape index (κ3) is 3.56. The maximum absolute atomic E-state index is 12.9. The third-order valence-corrected chi connectivity index (χ3v) is 5.71. The fraction of sp³-hybridized carbons (Fsp3) is 0.600. The number of morpholine rings is 1. The first kappa shape index (κ1) is 17.3. The van der Waals surface area contributed by atoms with Gasteiger partial charge in [0.25, 0.3) is 0 Å². The molecule has 2 fully saturated rings. The van der Waals surface area contributed by atoms with Crippen LogP contribution in [0.15, 0.2) is 24.3 Å². The number of nitrogens with zero attached hydrogens (tertiary/aromatic N) is 2. The highest BCUT2D eigenvalue weighted by Gasteiger charge is 2.34. The molecule has 6 nitrogen and oxygen atoms in total. The lowest BCUT2D eigenvalue weighted by Crippen LogP contribution is -2.49. The Labute approximate surface area is 154 Å². The summed E-state index contributed by atoms with van der Waals surface area (Å²) in [4.78, 5) is 29.3. The highest BCUT2D eigenvalue weighted by molar-refractivity contribution is 5.81. The van der Waals surface area contributed by atoms with E-state index in [4.69, 9.17) is 9.47 Å². The number of hydrogen-bond acceptors (Lipinski definition) is 4. The zero-order valence-corrected chi connectivity index (χ0v) is 15.1. The first-order chi connectivity index (χ1) is 12.7. The van der Waals surface area contributed by atoms with Gasteiger partial charge in [-0.2, -0.15) is 0 Å². The zero-order valence-electron chi connectivity index (χ0n) is 15.1. The van der Waals surface area contributed by atoms with Crippen LogP contribution in [-0.2, 0) is 20.7 Å². The topological polar surface area (TPSA) is 59.1 Å². The molecule has 4 rings (SSSR count). The number of likely N-dealkylation sites (tertiary alicyclic amines) is 1. The molecule has 0 radical (unpaired) electrons. The van der Waals surface area contributed by atoms with Crippen LogP contribution < -0.4 is 4.74 Å². The minimum Gasteiger partial charge on any atom is -0.492 e. The number of benzene rings is 1. The molecule has 0 spiro atoms. The van der Waals surface area contributed by atoms with Gasteiger partial charge in [-0.05, 0) is 30.9 Å². The van der Waals surface area contributed by atoms with Crippen molar-refractivity contribution in [3.8, 4) is 5.75 Å². The van der Waals surface area contributed by atoms with E-state index >= 15 is 0 Å². The molecule has 0 saturated carbocycles. The molecule has 1 atom stereocenters. The number of ether oxygens (including phenoxy) is 2. The number of carbonyl (C=O) groups excluding carboxylic acids is 2. The van der Waals surface area contributed by atoms with E-state index in [0.29, 0.717) is 46.0 Å². The van der Waals surface area contributed by atoms with Gasteiger partial charge in [0.2, 0.25) is 11.8 Å². The van der Waals surface area contributed by atoms with Crippen LogP contribution in [0.3, 0.4) is 0 Å². The molecular weight excluding hydrogens is 332 g/mol. The van der Waals surface area contributed by atoms with Crippen molar-refractivity contribution in [2.45, 2.75) is 19.3 Å². The van der Waals surface area contributed by atoms with E-state index in [-0.39, 0.29) is 23.7 Å². The summed E-state index contributed by atoms with van der Waals surface area (Å²) in [5.41, 5.74) is 1.11. The Hall–Kier alpha value is -2.08.